The molecule has 0 saturated heterocycles. The molecule has 2 heterocycles. The molecule has 2 aromatic heterocycles. The number of carbonyl (C=O) groups is 3. The minimum Gasteiger partial charge on any atom is -0.465 e. The van der Waals surface area contributed by atoms with Crippen LogP contribution in [0, 0.1) is 0 Å². The molecule has 9 heteroatoms. The van der Waals surface area contributed by atoms with Gasteiger partial charge in [-0.3, -0.25) is 9.89 Å². The number of anilines is 1. The lowest BCUT2D eigenvalue weighted by atomic mass is 10.2. The van der Waals surface area contributed by atoms with Gasteiger partial charge < -0.3 is 19.2 Å². The molecule has 0 bridgehead atoms. The van der Waals surface area contributed by atoms with Gasteiger partial charge in [-0.25, -0.2) is 9.59 Å². The van der Waals surface area contributed by atoms with Gasteiger partial charge in [0.15, 0.2) is 11.6 Å². The summed E-state index contributed by atoms with van der Waals surface area (Å²) in [6, 6.07) is 2.64. The molecule has 24 heavy (non-hydrogen) atoms. The molecule has 0 aromatic carbocycles. The van der Waals surface area contributed by atoms with E-state index in [4.69, 9.17) is 9.15 Å². The Morgan fingerprint density at radius 3 is 2.62 bits per heavy atom. The lowest BCUT2D eigenvalue weighted by Crippen LogP contribution is -2.11. The van der Waals surface area contributed by atoms with E-state index in [0.29, 0.717) is 12.2 Å². The Labute approximate surface area is 137 Å². The lowest BCUT2D eigenvalue weighted by molar-refractivity contribution is 0.0518. The number of methoxy groups -OCH3 is 1. The standard InChI is InChI=1S/C15H17N3O6/c1-4-10-8(14(20)22-3)6-11(24-10)13(19)16-12-7-9(17-18-12)15(21)23-5-2/h6-7H,4-5H2,1-3H3,(H2,16,17,18,19). The van der Waals surface area contributed by atoms with Crippen molar-refractivity contribution in [2.24, 2.45) is 0 Å². The number of aryl methyl sites for hydroxylation is 1. The molecule has 2 N–H and O–H groups in total. The average Bonchev–Trinajstić information content (AvgIpc) is 3.21. The van der Waals surface area contributed by atoms with Gasteiger partial charge in [-0.2, -0.15) is 5.10 Å². The van der Waals surface area contributed by atoms with Crippen LogP contribution in [0.1, 0.15) is 51.0 Å². The van der Waals surface area contributed by atoms with Crippen LogP contribution in [0.3, 0.4) is 0 Å². The monoisotopic (exact) mass is 335 g/mol. The fraction of sp³-hybridized carbons (Fsp3) is 0.333. The SMILES string of the molecule is CCOC(=O)c1cc(NC(=O)c2cc(C(=O)OC)c(CC)o2)n[nH]1. The van der Waals surface area contributed by atoms with E-state index in [1.54, 1.807) is 13.8 Å². The highest BCUT2D eigenvalue weighted by molar-refractivity contribution is 6.04. The molecule has 0 unspecified atom stereocenters. The van der Waals surface area contributed by atoms with Crippen LogP contribution in [0.2, 0.25) is 0 Å². The molecule has 0 saturated carbocycles. The van der Waals surface area contributed by atoms with E-state index in [1.165, 1.54) is 19.2 Å². The predicted molar refractivity (Wildman–Crippen MR) is 81.9 cm³/mol. The summed E-state index contributed by atoms with van der Waals surface area (Å²) in [5.41, 5.74) is 0.301. The van der Waals surface area contributed by atoms with Crippen molar-refractivity contribution in [3.8, 4) is 0 Å². The smallest absolute Gasteiger partial charge is 0.356 e. The van der Waals surface area contributed by atoms with Gasteiger partial charge in [-0.1, -0.05) is 6.92 Å². The van der Waals surface area contributed by atoms with E-state index in [0.717, 1.165) is 0 Å². The molecule has 0 atom stereocenters. The number of furan rings is 1. The first-order chi connectivity index (χ1) is 11.5. The minimum atomic E-state index is -0.609. The highest BCUT2D eigenvalue weighted by atomic mass is 16.5. The summed E-state index contributed by atoms with van der Waals surface area (Å²) in [5, 5.41) is 8.72. The fourth-order valence-corrected chi connectivity index (χ4v) is 1.96. The number of nitrogens with one attached hydrogen (secondary N) is 2. The number of amides is 1. The number of esters is 2. The molecule has 0 aliphatic carbocycles. The maximum absolute atomic E-state index is 12.2. The molecule has 1 amide bonds. The molecule has 128 valence electrons. The summed E-state index contributed by atoms with van der Waals surface area (Å²) in [7, 11) is 1.25. The molecular weight excluding hydrogens is 318 g/mol. The van der Waals surface area contributed by atoms with Crippen molar-refractivity contribution in [3.05, 3.63) is 34.9 Å². The summed E-state index contributed by atoms with van der Waals surface area (Å²) in [6.07, 6.45) is 0.424. The first-order valence-electron chi connectivity index (χ1n) is 7.25. The van der Waals surface area contributed by atoms with E-state index >= 15 is 0 Å². The second-order valence-corrected chi connectivity index (χ2v) is 4.63. The summed E-state index contributed by atoms with van der Waals surface area (Å²) < 4.78 is 14.8. The molecule has 2 aromatic rings. The van der Waals surface area contributed by atoms with Gasteiger partial charge in [0.2, 0.25) is 0 Å². The van der Waals surface area contributed by atoms with Crippen molar-refractivity contribution >= 4 is 23.7 Å². The number of ether oxygens (including phenoxy) is 2. The van der Waals surface area contributed by atoms with Crippen LogP contribution in [0.15, 0.2) is 16.5 Å². The van der Waals surface area contributed by atoms with Crippen molar-refractivity contribution in [2.45, 2.75) is 20.3 Å². The van der Waals surface area contributed by atoms with Crippen molar-refractivity contribution in [2.75, 3.05) is 19.0 Å². The van der Waals surface area contributed by atoms with E-state index < -0.39 is 17.8 Å². The van der Waals surface area contributed by atoms with Crippen LogP contribution in [-0.2, 0) is 15.9 Å². The third kappa shape index (κ3) is 3.62. The number of hydrogen-bond donors (Lipinski definition) is 2. The van der Waals surface area contributed by atoms with Crippen LogP contribution in [-0.4, -0.2) is 41.8 Å². The van der Waals surface area contributed by atoms with E-state index in [9.17, 15) is 14.4 Å². The van der Waals surface area contributed by atoms with E-state index in [1.807, 2.05) is 0 Å². The second-order valence-electron chi connectivity index (χ2n) is 4.63. The minimum absolute atomic E-state index is 0.0621. The molecule has 0 radical (unpaired) electrons. The Balaban J connectivity index is 2.14. The van der Waals surface area contributed by atoms with Gasteiger partial charge >= 0.3 is 11.9 Å². The number of hydrogen-bond acceptors (Lipinski definition) is 7. The number of aromatic amines is 1. The van der Waals surface area contributed by atoms with Crippen molar-refractivity contribution in [1.82, 2.24) is 10.2 Å². The number of H-pyrrole nitrogens is 1. The summed E-state index contributed by atoms with van der Waals surface area (Å²) >= 11 is 0. The normalized spacial score (nSPS) is 10.3. The van der Waals surface area contributed by atoms with Crippen LogP contribution < -0.4 is 5.32 Å². The topological polar surface area (TPSA) is 124 Å². The Morgan fingerprint density at radius 2 is 2.00 bits per heavy atom. The van der Waals surface area contributed by atoms with Crippen molar-refractivity contribution in [3.63, 3.8) is 0 Å². The summed E-state index contributed by atoms with van der Waals surface area (Å²) in [4.78, 5) is 35.4. The molecule has 0 spiro atoms. The van der Waals surface area contributed by atoms with Crippen LogP contribution in [0.4, 0.5) is 5.82 Å². The molecular formula is C15H17N3O6. The highest BCUT2D eigenvalue weighted by Gasteiger charge is 2.22. The van der Waals surface area contributed by atoms with Crippen molar-refractivity contribution in [1.29, 1.82) is 0 Å². The lowest BCUT2D eigenvalue weighted by Gasteiger charge is -1.98. The van der Waals surface area contributed by atoms with Gasteiger partial charge in [0, 0.05) is 18.6 Å². The average molecular weight is 335 g/mol. The number of carbonyl (C=O) groups excluding carboxylic acids is 3. The summed E-state index contributed by atoms with van der Waals surface area (Å²) in [5.74, 6) is -1.36. The molecule has 2 rings (SSSR count). The Hall–Kier alpha value is -3.10. The van der Waals surface area contributed by atoms with Gasteiger partial charge in [0.05, 0.1) is 13.7 Å². The van der Waals surface area contributed by atoms with Crippen molar-refractivity contribution < 1.29 is 28.3 Å². The zero-order valence-electron chi connectivity index (χ0n) is 13.5. The number of aromatic nitrogens is 2. The molecule has 0 fully saturated rings. The number of nitrogens with zero attached hydrogens (tertiary/aromatic N) is 1. The van der Waals surface area contributed by atoms with Gasteiger partial charge in [-0.05, 0) is 6.92 Å². The molecule has 9 nitrogen and oxygen atoms in total. The van der Waals surface area contributed by atoms with Gasteiger partial charge in [0.1, 0.15) is 17.0 Å². The van der Waals surface area contributed by atoms with Gasteiger partial charge in [-0.15, -0.1) is 0 Å². The Kier molecular flexibility index (Phi) is 5.35. The maximum Gasteiger partial charge on any atom is 0.356 e. The first kappa shape index (κ1) is 17.3. The van der Waals surface area contributed by atoms with Crippen LogP contribution in [0.25, 0.3) is 0 Å². The zero-order valence-corrected chi connectivity index (χ0v) is 13.5. The van der Waals surface area contributed by atoms with E-state index in [2.05, 4.69) is 20.3 Å². The molecule has 0 aliphatic heterocycles. The highest BCUT2D eigenvalue weighted by Crippen LogP contribution is 2.19. The van der Waals surface area contributed by atoms with Crippen LogP contribution >= 0.6 is 0 Å². The zero-order chi connectivity index (χ0) is 17.7. The Morgan fingerprint density at radius 1 is 1.25 bits per heavy atom. The second kappa shape index (κ2) is 7.44. The predicted octanol–water partition coefficient (Wildman–Crippen LogP) is 1.78. The largest absolute Gasteiger partial charge is 0.465 e. The van der Waals surface area contributed by atoms with Gasteiger partial charge in [0.25, 0.3) is 5.91 Å². The van der Waals surface area contributed by atoms with Crippen LogP contribution in [0.5, 0.6) is 0 Å². The maximum atomic E-state index is 12.2. The first-order valence-corrected chi connectivity index (χ1v) is 7.25. The van der Waals surface area contributed by atoms with E-state index in [-0.39, 0.29) is 29.4 Å². The number of rotatable bonds is 6. The third-order valence-corrected chi connectivity index (χ3v) is 3.07. The Bertz CT molecular complexity index is 761. The quantitative estimate of drug-likeness (QED) is 0.771. The molecule has 0 aliphatic rings. The fourth-order valence-electron chi connectivity index (χ4n) is 1.96. The summed E-state index contributed by atoms with van der Waals surface area (Å²) in [6.45, 7) is 3.69. The third-order valence-electron chi connectivity index (χ3n) is 3.07.